The molecular formula is C16H24ClNO2. The lowest BCUT2D eigenvalue weighted by Crippen LogP contribution is -2.36. The molecule has 2 atom stereocenters. The maximum absolute atomic E-state index is 12.1. The van der Waals surface area contributed by atoms with Crippen LogP contribution in [0.5, 0.6) is 0 Å². The van der Waals surface area contributed by atoms with Crippen molar-refractivity contribution in [3.63, 3.8) is 0 Å². The first-order chi connectivity index (χ1) is 9.16. The molecule has 20 heavy (non-hydrogen) atoms. The summed E-state index contributed by atoms with van der Waals surface area (Å²) in [6.07, 6.45) is 4.64. The molecule has 1 aromatic carbocycles. The van der Waals surface area contributed by atoms with Crippen molar-refractivity contribution in [1.82, 2.24) is 4.90 Å². The van der Waals surface area contributed by atoms with Crippen LogP contribution >= 0.6 is 12.4 Å². The lowest BCUT2D eigenvalue weighted by Gasteiger charge is -2.32. The number of carbonyl (C=O) groups is 1. The number of benzene rings is 1. The smallest absolute Gasteiger partial charge is 0.338 e. The van der Waals surface area contributed by atoms with E-state index in [1.54, 1.807) is 0 Å². The Kier molecular flexibility index (Phi) is 7.03. The number of ether oxygens (including phenoxy) is 1. The Labute approximate surface area is 127 Å². The van der Waals surface area contributed by atoms with Crippen LogP contribution in [0.15, 0.2) is 30.3 Å². The fourth-order valence-corrected chi connectivity index (χ4v) is 2.79. The molecule has 0 spiro atoms. The van der Waals surface area contributed by atoms with Crippen molar-refractivity contribution < 1.29 is 9.53 Å². The Morgan fingerprint density at radius 3 is 2.50 bits per heavy atom. The summed E-state index contributed by atoms with van der Waals surface area (Å²) in [5.41, 5.74) is 0.650. The molecule has 1 saturated carbocycles. The highest BCUT2D eigenvalue weighted by molar-refractivity contribution is 5.89. The van der Waals surface area contributed by atoms with Crippen molar-refractivity contribution in [2.75, 3.05) is 20.6 Å². The SMILES string of the molecule is CN(C)C[C@H]1CCCC[C@H]1OC(=O)c1ccccc1.Cl. The van der Waals surface area contributed by atoms with E-state index < -0.39 is 0 Å². The van der Waals surface area contributed by atoms with Gasteiger partial charge in [0.1, 0.15) is 6.10 Å². The minimum absolute atomic E-state index is 0. The van der Waals surface area contributed by atoms with Gasteiger partial charge in [0.15, 0.2) is 0 Å². The molecule has 4 heteroatoms. The summed E-state index contributed by atoms with van der Waals surface area (Å²) in [5.74, 6) is 0.285. The molecule has 0 amide bonds. The second-order valence-electron chi connectivity index (χ2n) is 5.62. The van der Waals surface area contributed by atoms with Gasteiger partial charge in [0.2, 0.25) is 0 Å². The number of esters is 1. The minimum atomic E-state index is -0.184. The Balaban J connectivity index is 0.00000200. The molecule has 0 saturated heterocycles. The third kappa shape index (κ3) is 4.80. The van der Waals surface area contributed by atoms with E-state index in [2.05, 4.69) is 19.0 Å². The zero-order valence-corrected chi connectivity index (χ0v) is 13.1. The molecule has 0 aliphatic heterocycles. The molecule has 112 valence electrons. The fourth-order valence-electron chi connectivity index (χ4n) is 2.79. The van der Waals surface area contributed by atoms with E-state index in [-0.39, 0.29) is 24.5 Å². The van der Waals surface area contributed by atoms with Gasteiger partial charge in [0.05, 0.1) is 5.56 Å². The Bertz CT molecular complexity index is 408. The standard InChI is InChI=1S/C16H23NO2.ClH/c1-17(2)12-14-10-6-7-11-15(14)19-16(18)13-8-4-3-5-9-13;/h3-5,8-9,14-15H,6-7,10-12H2,1-2H3;1H/t14-,15-;/m1./s1. The second-order valence-corrected chi connectivity index (χ2v) is 5.62. The van der Waals surface area contributed by atoms with Crippen LogP contribution in [-0.4, -0.2) is 37.6 Å². The fraction of sp³-hybridized carbons (Fsp3) is 0.562. The number of hydrogen-bond acceptors (Lipinski definition) is 3. The molecule has 2 rings (SSSR count). The van der Waals surface area contributed by atoms with Crippen LogP contribution in [0.2, 0.25) is 0 Å². The van der Waals surface area contributed by atoms with E-state index in [1.165, 1.54) is 6.42 Å². The summed E-state index contributed by atoms with van der Waals surface area (Å²) in [7, 11) is 4.15. The molecule has 0 aromatic heterocycles. The van der Waals surface area contributed by atoms with E-state index in [9.17, 15) is 4.79 Å². The van der Waals surface area contributed by atoms with Crippen LogP contribution < -0.4 is 0 Å². The molecule has 1 aromatic rings. The Hall–Kier alpha value is -1.06. The number of hydrogen-bond donors (Lipinski definition) is 0. The molecule has 0 unspecified atom stereocenters. The van der Waals surface area contributed by atoms with Gasteiger partial charge in [-0.1, -0.05) is 24.6 Å². The predicted octanol–water partition coefficient (Wildman–Crippen LogP) is 3.39. The highest BCUT2D eigenvalue weighted by Gasteiger charge is 2.28. The maximum atomic E-state index is 12.1. The molecule has 0 radical (unpaired) electrons. The monoisotopic (exact) mass is 297 g/mol. The van der Waals surface area contributed by atoms with Gasteiger partial charge in [-0.25, -0.2) is 4.79 Å². The number of halogens is 1. The summed E-state index contributed by atoms with van der Waals surface area (Å²) in [6.45, 7) is 0.993. The van der Waals surface area contributed by atoms with Crippen molar-refractivity contribution in [3.8, 4) is 0 Å². The molecule has 1 aliphatic rings. The van der Waals surface area contributed by atoms with Crippen molar-refractivity contribution >= 4 is 18.4 Å². The first-order valence-electron chi connectivity index (χ1n) is 7.07. The van der Waals surface area contributed by atoms with Gasteiger partial charge < -0.3 is 9.64 Å². The van der Waals surface area contributed by atoms with Gasteiger partial charge in [-0.15, -0.1) is 12.4 Å². The van der Waals surface area contributed by atoms with Crippen LogP contribution in [-0.2, 0) is 4.74 Å². The lowest BCUT2D eigenvalue weighted by molar-refractivity contribution is -0.00324. The van der Waals surface area contributed by atoms with Crippen molar-refractivity contribution in [2.45, 2.75) is 31.8 Å². The highest BCUT2D eigenvalue weighted by Crippen LogP contribution is 2.28. The Morgan fingerprint density at radius 2 is 1.85 bits per heavy atom. The first kappa shape index (κ1) is 17.0. The molecule has 0 bridgehead atoms. The summed E-state index contributed by atoms with van der Waals surface area (Å²) in [5, 5.41) is 0. The van der Waals surface area contributed by atoms with Crippen LogP contribution in [0.4, 0.5) is 0 Å². The van der Waals surface area contributed by atoms with Crippen LogP contribution in [0.25, 0.3) is 0 Å². The van der Waals surface area contributed by atoms with Gasteiger partial charge in [-0.05, 0) is 45.5 Å². The number of rotatable bonds is 4. The van der Waals surface area contributed by atoms with Crippen molar-refractivity contribution in [1.29, 1.82) is 0 Å². The highest BCUT2D eigenvalue weighted by atomic mass is 35.5. The zero-order chi connectivity index (χ0) is 13.7. The summed E-state index contributed by atoms with van der Waals surface area (Å²) < 4.78 is 5.73. The first-order valence-corrected chi connectivity index (χ1v) is 7.07. The normalized spacial score (nSPS) is 22.1. The third-order valence-corrected chi connectivity index (χ3v) is 3.71. The largest absolute Gasteiger partial charge is 0.458 e. The lowest BCUT2D eigenvalue weighted by atomic mass is 9.86. The molecule has 1 aliphatic carbocycles. The number of nitrogens with zero attached hydrogens (tertiary/aromatic N) is 1. The van der Waals surface area contributed by atoms with Gasteiger partial charge >= 0.3 is 5.97 Å². The quantitative estimate of drug-likeness (QED) is 0.798. The van der Waals surface area contributed by atoms with Crippen molar-refractivity contribution in [3.05, 3.63) is 35.9 Å². The van der Waals surface area contributed by atoms with Crippen LogP contribution in [0.3, 0.4) is 0 Å². The van der Waals surface area contributed by atoms with E-state index >= 15 is 0 Å². The average Bonchev–Trinajstić information content (AvgIpc) is 2.41. The molecule has 3 nitrogen and oxygen atoms in total. The van der Waals surface area contributed by atoms with E-state index in [0.29, 0.717) is 11.5 Å². The predicted molar refractivity (Wildman–Crippen MR) is 83.4 cm³/mol. The second kappa shape index (κ2) is 8.28. The van der Waals surface area contributed by atoms with E-state index in [4.69, 9.17) is 4.74 Å². The van der Waals surface area contributed by atoms with Gasteiger partial charge in [-0.3, -0.25) is 0 Å². The van der Waals surface area contributed by atoms with Crippen LogP contribution in [0.1, 0.15) is 36.0 Å². The van der Waals surface area contributed by atoms with E-state index in [1.807, 2.05) is 30.3 Å². The Morgan fingerprint density at radius 1 is 1.20 bits per heavy atom. The third-order valence-electron chi connectivity index (χ3n) is 3.71. The minimum Gasteiger partial charge on any atom is -0.458 e. The average molecular weight is 298 g/mol. The van der Waals surface area contributed by atoms with Gasteiger partial charge in [-0.2, -0.15) is 0 Å². The summed E-state index contributed by atoms with van der Waals surface area (Å²) in [6, 6.07) is 9.27. The van der Waals surface area contributed by atoms with Gasteiger partial charge in [0.25, 0.3) is 0 Å². The van der Waals surface area contributed by atoms with Crippen LogP contribution in [0, 0.1) is 5.92 Å². The van der Waals surface area contributed by atoms with Gasteiger partial charge in [0, 0.05) is 12.5 Å². The van der Waals surface area contributed by atoms with E-state index in [0.717, 1.165) is 25.8 Å². The molecule has 0 heterocycles. The topological polar surface area (TPSA) is 29.5 Å². The molecule has 1 fully saturated rings. The van der Waals surface area contributed by atoms with Crippen molar-refractivity contribution in [2.24, 2.45) is 5.92 Å². The molecular weight excluding hydrogens is 274 g/mol. The zero-order valence-electron chi connectivity index (χ0n) is 12.2. The maximum Gasteiger partial charge on any atom is 0.338 e. The molecule has 0 N–H and O–H groups in total. The summed E-state index contributed by atoms with van der Waals surface area (Å²) >= 11 is 0. The summed E-state index contributed by atoms with van der Waals surface area (Å²) in [4.78, 5) is 14.3. The number of carbonyl (C=O) groups excluding carboxylic acids is 1.